The van der Waals surface area contributed by atoms with Gasteiger partial charge < -0.3 is 14.8 Å². The molecule has 2 saturated carbocycles. The normalized spacial score (nSPS) is 34.9. The maximum Gasteiger partial charge on any atom is 0.0587 e. The average Bonchev–Trinajstić information content (AvgIpc) is 2.94. The lowest BCUT2D eigenvalue weighted by molar-refractivity contribution is 0.151. The van der Waals surface area contributed by atoms with Gasteiger partial charge in [0.2, 0.25) is 0 Å². The third-order valence-corrected chi connectivity index (χ3v) is 4.50. The Balaban J connectivity index is 1.72. The van der Waals surface area contributed by atoms with Crippen molar-refractivity contribution in [2.24, 2.45) is 17.3 Å². The van der Waals surface area contributed by atoms with Crippen LogP contribution in [-0.4, -0.2) is 40.5 Å². The van der Waals surface area contributed by atoms with Crippen LogP contribution in [0.2, 0.25) is 0 Å². The van der Waals surface area contributed by atoms with Crippen LogP contribution in [0.25, 0.3) is 0 Å². The molecule has 17 heavy (non-hydrogen) atoms. The predicted octanol–water partition coefficient (Wildman–Crippen LogP) is 2.07. The van der Waals surface area contributed by atoms with Crippen molar-refractivity contribution in [3.05, 3.63) is 0 Å². The second kappa shape index (κ2) is 6.17. The Kier molecular flexibility index (Phi) is 4.83. The number of nitrogens with one attached hydrogen (secondary N) is 1. The fraction of sp³-hybridized carbons (Fsp3) is 1.00. The van der Waals surface area contributed by atoms with E-state index in [0.29, 0.717) is 5.41 Å². The summed E-state index contributed by atoms with van der Waals surface area (Å²) in [7, 11) is 3.57. The lowest BCUT2D eigenvalue weighted by Gasteiger charge is -2.31. The number of methoxy groups -OCH3 is 2. The molecule has 2 unspecified atom stereocenters. The Morgan fingerprint density at radius 3 is 2.47 bits per heavy atom. The first kappa shape index (κ1) is 13.3. The molecule has 100 valence electrons. The van der Waals surface area contributed by atoms with Gasteiger partial charge in [-0.15, -0.1) is 0 Å². The van der Waals surface area contributed by atoms with E-state index in [1.807, 2.05) is 0 Å². The molecule has 2 aliphatic carbocycles. The number of ether oxygens (including phenoxy) is 2. The highest BCUT2D eigenvalue weighted by Crippen LogP contribution is 2.61. The van der Waals surface area contributed by atoms with Crippen LogP contribution in [0.15, 0.2) is 0 Å². The van der Waals surface area contributed by atoms with Crippen molar-refractivity contribution in [2.45, 2.75) is 32.1 Å². The fourth-order valence-corrected chi connectivity index (χ4v) is 3.56. The summed E-state index contributed by atoms with van der Waals surface area (Å²) in [6.07, 6.45) is 6.93. The summed E-state index contributed by atoms with van der Waals surface area (Å²) in [5.74, 6) is 2.11. The van der Waals surface area contributed by atoms with Gasteiger partial charge in [0.25, 0.3) is 0 Å². The Morgan fingerprint density at radius 2 is 1.82 bits per heavy atom. The molecule has 0 spiro atoms. The van der Waals surface area contributed by atoms with E-state index >= 15 is 0 Å². The molecule has 2 atom stereocenters. The summed E-state index contributed by atoms with van der Waals surface area (Å²) >= 11 is 0. The minimum Gasteiger partial charge on any atom is -0.385 e. The standard InChI is InChI=1S/C14H27NO2/c1-16-6-3-4-14(11-15-5-7-17-2)9-12-8-13(12)10-14/h12-13,15H,3-11H2,1-2H3. The van der Waals surface area contributed by atoms with Crippen molar-refractivity contribution < 1.29 is 9.47 Å². The predicted molar refractivity (Wildman–Crippen MR) is 69.1 cm³/mol. The number of fused-ring (bicyclic) bond motifs is 1. The monoisotopic (exact) mass is 241 g/mol. The first-order chi connectivity index (χ1) is 8.29. The van der Waals surface area contributed by atoms with E-state index in [-0.39, 0.29) is 0 Å². The molecular weight excluding hydrogens is 214 g/mol. The Bertz CT molecular complexity index is 222. The molecule has 0 aromatic carbocycles. The third-order valence-electron chi connectivity index (χ3n) is 4.50. The van der Waals surface area contributed by atoms with Crippen molar-refractivity contribution >= 4 is 0 Å². The molecule has 0 bridgehead atoms. The summed E-state index contributed by atoms with van der Waals surface area (Å²) in [6.45, 7) is 3.89. The van der Waals surface area contributed by atoms with Crippen LogP contribution in [0.1, 0.15) is 32.1 Å². The maximum atomic E-state index is 5.19. The minimum atomic E-state index is 0.569. The summed E-state index contributed by atoms with van der Waals surface area (Å²) in [4.78, 5) is 0. The van der Waals surface area contributed by atoms with Crippen molar-refractivity contribution in [1.29, 1.82) is 0 Å². The van der Waals surface area contributed by atoms with E-state index in [1.165, 1.54) is 38.6 Å². The lowest BCUT2D eigenvalue weighted by atomic mass is 9.78. The zero-order valence-corrected chi connectivity index (χ0v) is 11.3. The van der Waals surface area contributed by atoms with Crippen molar-refractivity contribution in [2.75, 3.05) is 40.5 Å². The molecule has 0 aromatic rings. The van der Waals surface area contributed by atoms with Gasteiger partial charge in [0.1, 0.15) is 0 Å². The molecule has 2 rings (SSSR count). The van der Waals surface area contributed by atoms with Gasteiger partial charge in [-0.05, 0) is 49.4 Å². The summed E-state index contributed by atoms with van der Waals surface area (Å²) < 4.78 is 10.3. The lowest BCUT2D eigenvalue weighted by Crippen LogP contribution is -2.35. The van der Waals surface area contributed by atoms with Crippen LogP contribution in [0.4, 0.5) is 0 Å². The summed E-state index contributed by atoms with van der Waals surface area (Å²) in [6, 6.07) is 0. The Hall–Kier alpha value is -0.120. The minimum absolute atomic E-state index is 0.569. The number of rotatable bonds is 9. The van der Waals surface area contributed by atoms with Gasteiger partial charge in [-0.25, -0.2) is 0 Å². The second-order valence-electron chi connectivity index (χ2n) is 5.93. The van der Waals surface area contributed by atoms with E-state index in [0.717, 1.165) is 31.6 Å². The van der Waals surface area contributed by atoms with Crippen LogP contribution >= 0.6 is 0 Å². The summed E-state index contributed by atoms with van der Waals surface area (Å²) in [5.41, 5.74) is 0.569. The van der Waals surface area contributed by atoms with Gasteiger partial charge in [-0.2, -0.15) is 0 Å². The van der Waals surface area contributed by atoms with Gasteiger partial charge in [0, 0.05) is 33.9 Å². The van der Waals surface area contributed by atoms with Crippen LogP contribution < -0.4 is 5.32 Å². The average molecular weight is 241 g/mol. The highest BCUT2D eigenvalue weighted by atomic mass is 16.5. The molecule has 0 amide bonds. The topological polar surface area (TPSA) is 30.5 Å². The van der Waals surface area contributed by atoms with Gasteiger partial charge in [-0.3, -0.25) is 0 Å². The number of hydrogen-bond acceptors (Lipinski definition) is 3. The molecular formula is C14H27NO2. The van der Waals surface area contributed by atoms with Crippen LogP contribution in [-0.2, 0) is 9.47 Å². The van der Waals surface area contributed by atoms with Gasteiger partial charge in [0.05, 0.1) is 6.61 Å². The zero-order chi connectivity index (χ0) is 12.1. The van der Waals surface area contributed by atoms with Gasteiger partial charge in [-0.1, -0.05) is 0 Å². The molecule has 0 saturated heterocycles. The fourth-order valence-electron chi connectivity index (χ4n) is 3.56. The molecule has 3 heteroatoms. The van der Waals surface area contributed by atoms with E-state index in [1.54, 1.807) is 14.2 Å². The SMILES string of the molecule is COCCCC1(CNCCOC)CC2CC2C1. The highest BCUT2D eigenvalue weighted by molar-refractivity contribution is 5.03. The molecule has 2 fully saturated rings. The van der Waals surface area contributed by atoms with E-state index < -0.39 is 0 Å². The molecule has 0 heterocycles. The molecule has 0 aliphatic heterocycles. The first-order valence-corrected chi connectivity index (χ1v) is 6.98. The number of hydrogen-bond donors (Lipinski definition) is 1. The molecule has 1 N–H and O–H groups in total. The van der Waals surface area contributed by atoms with E-state index in [4.69, 9.17) is 9.47 Å². The van der Waals surface area contributed by atoms with Crippen molar-refractivity contribution in [3.8, 4) is 0 Å². The summed E-state index contributed by atoms with van der Waals surface area (Å²) in [5, 5.41) is 3.57. The largest absolute Gasteiger partial charge is 0.385 e. The third kappa shape index (κ3) is 3.67. The zero-order valence-electron chi connectivity index (χ0n) is 11.3. The quantitative estimate of drug-likeness (QED) is 0.627. The molecule has 3 nitrogen and oxygen atoms in total. The van der Waals surface area contributed by atoms with Gasteiger partial charge in [0.15, 0.2) is 0 Å². The van der Waals surface area contributed by atoms with Crippen molar-refractivity contribution in [1.82, 2.24) is 5.32 Å². The van der Waals surface area contributed by atoms with E-state index in [2.05, 4.69) is 5.32 Å². The Morgan fingerprint density at radius 1 is 1.12 bits per heavy atom. The van der Waals surface area contributed by atoms with Crippen molar-refractivity contribution in [3.63, 3.8) is 0 Å². The van der Waals surface area contributed by atoms with Gasteiger partial charge >= 0.3 is 0 Å². The Labute approximate surface area is 105 Å². The van der Waals surface area contributed by atoms with Crippen LogP contribution in [0, 0.1) is 17.3 Å². The first-order valence-electron chi connectivity index (χ1n) is 6.98. The molecule has 2 aliphatic rings. The smallest absolute Gasteiger partial charge is 0.0587 e. The van der Waals surface area contributed by atoms with Crippen LogP contribution in [0.5, 0.6) is 0 Å². The van der Waals surface area contributed by atoms with Crippen LogP contribution in [0.3, 0.4) is 0 Å². The molecule has 0 radical (unpaired) electrons. The molecule has 0 aromatic heterocycles. The van der Waals surface area contributed by atoms with E-state index in [9.17, 15) is 0 Å². The maximum absolute atomic E-state index is 5.19. The highest BCUT2D eigenvalue weighted by Gasteiger charge is 2.52. The second-order valence-corrected chi connectivity index (χ2v) is 5.93.